The van der Waals surface area contributed by atoms with Gasteiger partial charge in [0, 0.05) is 0 Å². The largest absolute Gasteiger partial charge is 0.330 e. The van der Waals surface area contributed by atoms with Crippen molar-refractivity contribution in [3.63, 3.8) is 0 Å². The molecule has 0 unspecified atom stereocenters. The third-order valence-electron chi connectivity index (χ3n) is 2.70. The van der Waals surface area contributed by atoms with Crippen LogP contribution in [0.3, 0.4) is 0 Å². The monoisotopic (exact) mass is 185 g/mol. The van der Waals surface area contributed by atoms with Gasteiger partial charge in [0.25, 0.3) is 0 Å². The fourth-order valence-corrected chi connectivity index (χ4v) is 1.65. The molecule has 0 spiro atoms. The average Bonchev–Trinajstić information content (AvgIpc) is 2.27. The molecule has 0 aliphatic rings. The molecule has 0 aromatic heterocycles. The van der Waals surface area contributed by atoms with Crippen LogP contribution in [-0.4, -0.2) is 6.54 Å². The second-order valence-electron chi connectivity index (χ2n) is 3.74. The number of rotatable bonds is 2. The van der Waals surface area contributed by atoms with E-state index >= 15 is 0 Å². The minimum Gasteiger partial charge on any atom is -0.330 e. The molecule has 0 fully saturated rings. The van der Waals surface area contributed by atoms with Crippen molar-refractivity contribution in [1.29, 1.82) is 0 Å². The first kappa shape index (κ1) is 9.22. The van der Waals surface area contributed by atoms with E-state index in [4.69, 9.17) is 5.73 Å². The van der Waals surface area contributed by atoms with Crippen LogP contribution in [0, 0.1) is 0 Å². The first-order chi connectivity index (χ1) is 6.81. The van der Waals surface area contributed by atoms with Crippen molar-refractivity contribution in [2.45, 2.75) is 12.8 Å². The predicted octanol–water partition coefficient (Wildman–Crippen LogP) is 2.90. The lowest BCUT2D eigenvalue weighted by molar-refractivity contribution is 0.775. The van der Waals surface area contributed by atoms with Gasteiger partial charge in [0.15, 0.2) is 0 Å². The molecule has 0 aliphatic heterocycles. The normalized spacial score (nSPS) is 13.0. The quantitative estimate of drug-likeness (QED) is 0.765. The molecule has 1 heteroatoms. The first-order valence-corrected chi connectivity index (χ1v) is 5.00. The maximum absolute atomic E-state index is 5.65. The molecule has 0 aliphatic carbocycles. The van der Waals surface area contributed by atoms with Gasteiger partial charge in [-0.05, 0) is 28.8 Å². The van der Waals surface area contributed by atoms with Crippen LogP contribution in [0.25, 0.3) is 10.8 Å². The highest BCUT2D eigenvalue weighted by Gasteiger charge is 2.02. The second-order valence-corrected chi connectivity index (χ2v) is 3.74. The van der Waals surface area contributed by atoms with Crippen molar-refractivity contribution >= 4 is 10.8 Å². The minimum atomic E-state index is 0.444. The zero-order valence-corrected chi connectivity index (χ0v) is 8.40. The molecule has 0 heterocycles. The summed E-state index contributed by atoms with van der Waals surface area (Å²) in [5, 5.41) is 2.59. The second kappa shape index (κ2) is 3.81. The molecule has 2 N–H and O–H groups in total. The Morgan fingerprint density at radius 3 is 2.50 bits per heavy atom. The standard InChI is InChI=1S/C13H15N/c1-10(9-14)12-7-6-11-4-2-3-5-13(11)8-12/h2-8,10H,9,14H2,1H3/t10-/m0/s1. The third kappa shape index (κ3) is 1.64. The molecule has 0 amide bonds. The first-order valence-electron chi connectivity index (χ1n) is 5.00. The lowest BCUT2D eigenvalue weighted by atomic mass is 9.98. The van der Waals surface area contributed by atoms with Crippen LogP contribution < -0.4 is 5.73 Å². The lowest BCUT2D eigenvalue weighted by Crippen LogP contribution is -2.08. The molecule has 0 bridgehead atoms. The van der Waals surface area contributed by atoms with Crippen molar-refractivity contribution in [2.24, 2.45) is 5.73 Å². The molecule has 0 saturated carbocycles. The highest BCUT2D eigenvalue weighted by atomic mass is 14.5. The molecule has 2 aromatic rings. The van der Waals surface area contributed by atoms with Crippen molar-refractivity contribution in [1.82, 2.24) is 0 Å². The summed E-state index contributed by atoms with van der Waals surface area (Å²) in [4.78, 5) is 0. The van der Waals surface area contributed by atoms with Crippen LogP contribution in [0.5, 0.6) is 0 Å². The summed E-state index contributed by atoms with van der Waals surface area (Å²) in [5.74, 6) is 0.444. The van der Waals surface area contributed by atoms with Crippen LogP contribution in [0.15, 0.2) is 42.5 Å². The molecular formula is C13H15N. The number of fused-ring (bicyclic) bond motifs is 1. The van der Waals surface area contributed by atoms with Gasteiger partial charge in [-0.3, -0.25) is 0 Å². The van der Waals surface area contributed by atoms with Gasteiger partial charge in [0.05, 0.1) is 0 Å². The van der Waals surface area contributed by atoms with E-state index in [-0.39, 0.29) is 0 Å². The summed E-state index contributed by atoms with van der Waals surface area (Å²) in [6.07, 6.45) is 0. The molecule has 14 heavy (non-hydrogen) atoms. The van der Waals surface area contributed by atoms with Crippen LogP contribution in [0.2, 0.25) is 0 Å². The molecule has 0 radical (unpaired) electrons. The number of benzene rings is 2. The minimum absolute atomic E-state index is 0.444. The summed E-state index contributed by atoms with van der Waals surface area (Å²) >= 11 is 0. The molecule has 1 nitrogen and oxygen atoms in total. The van der Waals surface area contributed by atoms with E-state index in [1.54, 1.807) is 0 Å². The highest BCUT2D eigenvalue weighted by molar-refractivity contribution is 5.83. The maximum atomic E-state index is 5.65. The molecule has 72 valence electrons. The van der Waals surface area contributed by atoms with Crippen LogP contribution in [0.4, 0.5) is 0 Å². The number of nitrogens with two attached hydrogens (primary N) is 1. The Hall–Kier alpha value is -1.34. The zero-order chi connectivity index (χ0) is 9.97. The highest BCUT2D eigenvalue weighted by Crippen LogP contribution is 2.20. The molecule has 1 atom stereocenters. The van der Waals surface area contributed by atoms with Gasteiger partial charge in [-0.15, -0.1) is 0 Å². The van der Waals surface area contributed by atoms with E-state index in [9.17, 15) is 0 Å². The summed E-state index contributed by atoms with van der Waals surface area (Å²) in [6, 6.07) is 15.0. The van der Waals surface area contributed by atoms with Gasteiger partial charge in [0.2, 0.25) is 0 Å². The van der Waals surface area contributed by atoms with Gasteiger partial charge in [-0.25, -0.2) is 0 Å². The van der Waals surface area contributed by atoms with Crippen LogP contribution in [0.1, 0.15) is 18.4 Å². The average molecular weight is 185 g/mol. The van der Waals surface area contributed by atoms with Crippen LogP contribution >= 0.6 is 0 Å². The lowest BCUT2D eigenvalue weighted by Gasteiger charge is -2.09. The maximum Gasteiger partial charge on any atom is -0.00109 e. The van der Waals surface area contributed by atoms with Gasteiger partial charge < -0.3 is 5.73 Å². The molecular weight excluding hydrogens is 170 g/mol. The van der Waals surface area contributed by atoms with Crippen molar-refractivity contribution in [3.8, 4) is 0 Å². The third-order valence-corrected chi connectivity index (χ3v) is 2.70. The fraction of sp³-hybridized carbons (Fsp3) is 0.231. The number of hydrogen-bond donors (Lipinski definition) is 1. The summed E-state index contributed by atoms with van der Waals surface area (Å²) in [7, 11) is 0. The van der Waals surface area contributed by atoms with Crippen molar-refractivity contribution < 1.29 is 0 Å². The van der Waals surface area contributed by atoms with Crippen molar-refractivity contribution in [3.05, 3.63) is 48.0 Å². The van der Waals surface area contributed by atoms with E-state index in [0.717, 1.165) is 0 Å². The Balaban J connectivity index is 2.51. The fourth-order valence-electron chi connectivity index (χ4n) is 1.65. The Bertz CT molecular complexity index is 434. The zero-order valence-electron chi connectivity index (χ0n) is 8.40. The Morgan fingerprint density at radius 1 is 1.07 bits per heavy atom. The van der Waals surface area contributed by atoms with Crippen LogP contribution in [-0.2, 0) is 0 Å². The predicted molar refractivity (Wildman–Crippen MR) is 61.4 cm³/mol. The smallest absolute Gasteiger partial charge is 0.00109 e. The van der Waals surface area contributed by atoms with E-state index in [0.29, 0.717) is 12.5 Å². The Morgan fingerprint density at radius 2 is 1.79 bits per heavy atom. The summed E-state index contributed by atoms with van der Waals surface area (Å²) in [5.41, 5.74) is 6.97. The van der Waals surface area contributed by atoms with Gasteiger partial charge >= 0.3 is 0 Å². The Kier molecular flexibility index (Phi) is 2.51. The van der Waals surface area contributed by atoms with Gasteiger partial charge in [-0.2, -0.15) is 0 Å². The van der Waals surface area contributed by atoms with Crippen molar-refractivity contribution in [2.75, 3.05) is 6.54 Å². The van der Waals surface area contributed by atoms with E-state index in [2.05, 4.69) is 49.4 Å². The van der Waals surface area contributed by atoms with E-state index < -0.39 is 0 Å². The molecule has 2 aromatic carbocycles. The Labute approximate surface area is 84.5 Å². The molecule has 2 rings (SSSR count). The van der Waals surface area contributed by atoms with E-state index in [1.807, 2.05) is 0 Å². The SMILES string of the molecule is C[C@@H](CN)c1ccc2ccccc2c1. The molecule has 0 saturated heterocycles. The van der Waals surface area contributed by atoms with Gasteiger partial charge in [0.1, 0.15) is 0 Å². The summed E-state index contributed by atoms with van der Waals surface area (Å²) < 4.78 is 0. The topological polar surface area (TPSA) is 26.0 Å². The van der Waals surface area contributed by atoms with E-state index in [1.165, 1.54) is 16.3 Å². The number of hydrogen-bond acceptors (Lipinski definition) is 1. The van der Waals surface area contributed by atoms with Gasteiger partial charge in [-0.1, -0.05) is 49.4 Å². The summed E-state index contributed by atoms with van der Waals surface area (Å²) in [6.45, 7) is 2.86.